The smallest absolute Gasteiger partial charge is 0.317 e. The van der Waals surface area contributed by atoms with Crippen LogP contribution in [-0.2, 0) is 11.2 Å². The molecule has 25 heavy (non-hydrogen) atoms. The van der Waals surface area contributed by atoms with Crippen molar-refractivity contribution in [3.63, 3.8) is 0 Å². The van der Waals surface area contributed by atoms with Crippen molar-refractivity contribution in [2.45, 2.75) is 57.0 Å². The van der Waals surface area contributed by atoms with E-state index in [2.05, 4.69) is 26.2 Å². The first-order valence-electron chi connectivity index (χ1n) is 8.82. The van der Waals surface area contributed by atoms with Crippen molar-refractivity contribution in [2.75, 3.05) is 0 Å². The number of halogens is 1. The molecule has 1 atom stereocenters. The topological polar surface area (TPSA) is 84.0 Å². The second-order valence-corrected chi connectivity index (χ2v) is 7.90. The molecule has 1 fully saturated rings. The van der Waals surface area contributed by atoms with E-state index < -0.39 is 17.2 Å². The Balaban J connectivity index is 1.78. The lowest BCUT2D eigenvalue weighted by Crippen LogP contribution is -2.47. The Bertz CT molecular complexity index is 956. The molecule has 2 aromatic rings. The SMILES string of the molecule is O=C(NC1CCCCC1)C1CCc2cc(Br)cc3[nH]c(=O)c(=O)n1c23. The van der Waals surface area contributed by atoms with E-state index in [9.17, 15) is 14.4 Å². The van der Waals surface area contributed by atoms with Gasteiger partial charge < -0.3 is 10.3 Å². The minimum Gasteiger partial charge on any atom is -0.352 e. The third kappa shape index (κ3) is 2.94. The summed E-state index contributed by atoms with van der Waals surface area (Å²) in [6, 6.07) is 3.29. The molecule has 1 aromatic carbocycles. The number of nitrogens with zero attached hydrogens (tertiary/aromatic N) is 1. The van der Waals surface area contributed by atoms with Crippen molar-refractivity contribution in [2.24, 2.45) is 0 Å². The zero-order chi connectivity index (χ0) is 17.6. The fourth-order valence-electron chi connectivity index (χ4n) is 4.12. The molecule has 1 unspecified atom stereocenters. The first kappa shape index (κ1) is 16.6. The molecule has 1 aromatic heterocycles. The molecule has 2 N–H and O–H groups in total. The van der Waals surface area contributed by atoms with Gasteiger partial charge in [0.2, 0.25) is 5.91 Å². The molecule has 2 heterocycles. The second kappa shape index (κ2) is 6.44. The second-order valence-electron chi connectivity index (χ2n) is 6.99. The molecule has 2 aliphatic rings. The summed E-state index contributed by atoms with van der Waals surface area (Å²) in [5, 5.41) is 3.10. The molecule has 1 amide bonds. The number of nitrogens with one attached hydrogen (secondary N) is 2. The third-order valence-corrected chi connectivity index (χ3v) is 5.77. The van der Waals surface area contributed by atoms with Gasteiger partial charge >= 0.3 is 11.1 Å². The van der Waals surface area contributed by atoms with Gasteiger partial charge in [0.1, 0.15) is 6.04 Å². The Morgan fingerprint density at radius 3 is 2.68 bits per heavy atom. The minimum absolute atomic E-state index is 0.144. The Morgan fingerprint density at radius 2 is 1.92 bits per heavy atom. The molecule has 0 spiro atoms. The van der Waals surface area contributed by atoms with Crippen LogP contribution in [0.2, 0.25) is 0 Å². The molecule has 4 rings (SSSR count). The summed E-state index contributed by atoms with van der Waals surface area (Å²) in [6.07, 6.45) is 6.67. The summed E-state index contributed by atoms with van der Waals surface area (Å²) in [5.41, 5.74) is 0.889. The molecule has 1 saturated carbocycles. The molecule has 132 valence electrons. The molecular formula is C18H20BrN3O3. The minimum atomic E-state index is -0.686. The predicted molar refractivity (Wildman–Crippen MR) is 98.9 cm³/mol. The number of H-pyrrole nitrogens is 1. The highest BCUT2D eigenvalue weighted by atomic mass is 79.9. The van der Waals surface area contributed by atoms with Crippen molar-refractivity contribution in [3.8, 4) is 0 Å². The number of rotatable bonds is 2. The molecule has 0 radical (unpaired) electrons. The summed E-state index contributed by atoms with van der Waals surface area (Å²) in [4.78, 5) is 40.1. The van der Waals surface area contributed by atoms with E-state index in [1.807, 2.05) is 6.07 Å². The summed E-state index contributed by atoms with van der Waals surface area (Å²) < 4.78 is 2.25. The van der Waals surface area contributed by atoms with Crippen molar-refractivity contribution < 1.29 is 4.79 Å². The number of amides is 1. The van der Waals surface area contributed by atoms with Gasteiger partial charge in [0, 0.05) is 10.5 Å². The zero-order valence-electron chi connectivity index (χ0n) is 13.8. The quantitative estimate of drug-likeness (QED) is 0.752. The molecule has 6 nitrogen and oxygen atoms in total. The van der Waals surface area contributed by atoms with E-state index in [1.54, 1.807) is 6.07 Å². The maximum absolute atomic E-state index is 12.9. The van der Waals surface area contributed by atoms with Crippen molar-refractivity contribution in [3.05, 3.63) is 42.9 Å². The van der Waals surface area contributed by atoms with Crippen LogP contribution in [0, 0.1) is 0 Å². The van der Waals surface area contributed by atoms with Crippen LogP contribution in [0.3, 0.4) is 0 Å². The number of benzene rings is 1. The van der Waals surface area contributed by atoms with Crippen LogP contribution in [0.5, 0.6) is 0 Å². The number of hydrogen-bond acceptors (Lipinski definition) is 3. The van der Waals surface area contributed by atoms with E-state index in [0.29, 0.717) is 23.9 Å². The standard InChI is InChI=1S/C18H20BrN3O3/c19-11-8-10-6-7-14(16(23)20-12-4-2-1-3-5-12)22-15(10)13(9-11)21-17(24)18(22)25/h8-9,12,14H,1-7H2,(H,20,23)(H,21,24). The first-order chi connectivity index (χ1) is 12.0. The average Bonchev–Trinajstić information content (AvgIpc) is 2.59. The number of aromatic amines is 1. The Kier molecular flexibility index (Phi) is 4.27. The number of aromatic nitrogens is 2. The fourth-order valence-corrected chi connectivity index (χ4v) is 4.63. The van der Waals surface area contributed by atoms with E-state index in [0.717, 1.165) is 35.7 Å². The van der Waals surface area contributed by atoms with Gasteiger partial charge in [0.05, 0.1) is 11.0 Å². The van der Waals surface area contributed by atoms with Gasteiger partial charge in [-0.05, 0) is 43.4 Å². The average molecular weight is 406 g/mol. The van der Waals surface area contributed by atoms with Gasteiger partial charge in [-0.1, -0.05) is 35.2 Å². The monoisotopic (exact) mass is 405 g/mol. The first-order valence-corrected chi connectivity index (χ1v) is 9.61. The van der Waals surface area contributed by atoms with Crippen LogP contribution >= 0.6 is 15.9 Å². The molecule has 1 aliphatic heterocycles. The number of hydrogen-bond donors (Lipinski definition) is 2. The third-order valence-electron chi connectivity index (χ3n) is 5.31. The zero-order valence-corrected chi connectivity index (χ0v) is 15.4. The lowest BCUT2D eigenvalue weighted by molar-refractivity contribution is -0.125. The van der Waals surface area contributed by atoms with Crippen molar-refractivity contribution in [1.82, 2.24) is 14.9 Å². The molecule has 0 bridgehead atoms. The summed E-state index contributed by atoms with van der Waals surface area (Å²) in [6.45, 7) is 0. The maximum Gasteiger partial charge on any atom is 0.317 e. The van der Waals surface area contributed by atoms with Gasteiger partial charge in [0.25, 0.3) is 0 Å². The molecule has 0 saturated heterocycles. The highest BCUT2D eigenvalue weighted by Crippen LogP contribution is 2.31. The highest BCUT2D eigenvalue weighted by molar-refractivity contribution is 9.10. The number of carbonyl (C=O) groups is 1. The molecule has 1 aliphatic carbocycles. The van der Waals surface area contributed by atoms with Crippen LogP contribution in [0.25, 0.3) is 11.0 Å². The lowest BCUT2D eigenvalue weighted by Gasteiger charge is -2.29. The largest absolute Gasteiger partial charge is 0.352 e. The van der Waals surface area contributed by atoms with E-state index in [1.165, 1.54) is 11.0 Å². The Labute approximate surface area is 152 Å². The van der Waals surface area contributed by atoms with E-state index in [4.69, 9.17) is 0 Å². The van der Waals surface area contributed by atoms with Crippen LogP contribution in [0.1, 0.15) is 50.1 Å². The van der Waals surface area contributed by atoms with Crippen LogP contribution < -0.4 is 16.4 Å². The summed E-state index contributed by atoms with van der Waals surface area (Å²) in [7, 11) is 0. The van der Waals surface area contributed by atoms with Gasteiger partial charge in [-0.25, -0.2) is 0 Å². The fraction of sp³-hybridized carbons (Fsp3) is 0.500. The van der Waals surface area contributed by atoms with Gasteiger partial charge in [-0.15, -0.1) is 0 Å². The van der Waals surface area contributed by atoms with Gasteiger partial charge in [-0.2, -0.15) is 0 Å². The number of aryl methyl sites for hydroxylation is 1. The highest BCUT2D eigenvalue weighted by Gasteiger charge is 2.31. The lowest BCUT2D eigenvalue weighted by atomic mass is 9.94. The van der Waals surface area contributed by atoms with Crippen molar-refractivity contribution in [1.29, 1.82) is 0 Å². The predicted octanol–water partition coefficient (Wildman–Crippen LogP) is 2.39. The van der Waals surface area contributed by atoms with Gasteiger partial charge in [0.15, 0.2) is 0 Å². The maximum atomic E-state index is 12.9. The Hall–Kier alpha value is -1.89. The molecular weight excluding hydrogens is 386 g/mol. The normalized spacial score (nSPS) is 20.6. The summed E-state index contributed by atoms with van der Waals surface area (Å²) >= 11 is 3.44. The summed E-state index contributed by atoms with van der Waals surface area (Å²) in [5.74, 6) is -0.144. The van der Waals surface area contributed by atoms with Gasteiger partial charge in [-0.3, -0.25) is 19.0 Å². The van der Waals surface area contributed by atoms with E-state index >= 15 is 0 Å². The van der Waals surface area contributed by atoms with E-state index in [-0.39, 0.29) is 11.9 Å². The van der Waals surface area contributed by atoms with Crippen LogP contribution in [0.15, 0.2) is 26.2 Å². The van der Waals surface area contributed by atoms with Crippen LogP contribution in [0.4, 0.5) is 0 Å². The number of carbonyl (C=O) groups excluding carboxylic acids is 1. The Morgan fingerprint density at radius 1 is 1.16 bits per heavy atom. The molecule has 7 heteroatoms. The van der Waals surface area contributed by atoms with Crippen LogP contribution in [-0.4, -0.2) is 21.5 Å². The van der Waals surface area contributed by atoms with Crippen molar-refractivity contribution >= 4 is 32.9 Å².